The van der Waals surface area contributed by atoms with Crippen LogP contribution in [0.1, 0.15) is 0 Å². The van der Waals surface area contributed by atoms with Crippen molar-refractivity contribution in [1.82, 2.24) is 29.9 Å². The van der Waals surface area contributed by atoms with E-state index in [0.29, 0.717) is 43.9 Å². The van der Waals surface area contributed by atoms with Crippen LogP contribution in [-0.4, -0.2) is 29.9 Å². The van der Waals surface area contributed by atoms with E-state index in [1.165, 1.54) is 0 Å². The summed E-state index contributed by atoms with van der Waals surface area (Å²) in [6, 6.07) is 7.44. The minimum absolute atomic E-state index is 0.0252. The van der Waals surface area contributed by atoms with Crippen LogP contribution in [0.2, 0.25) is 20.9 Å². The maximum absolute atomic E-state index is 6.36. The molecule has 126 valence electrons. The van der Waals surface area contributed by atoms with Crippen LogP contribution in [0.5, 0.6) is 0 Å². The standard InChI is InChI=1S/C16H4Cl4N6/c17-13-7-9-10(22-6-4-2-1-3-5(6)21-9)8-12(11(7)23-15(19)25-13)24-16(20)26-14(8)18/h1-4H. The molecule has 0 aliphatic carbocycles. The van der Waals surface area contributed by atoms with Crippen LogP contribution in [0.15, 0.2) is 24.3 Å². The quantitative estimate of drug-likeness (QED) is 0.146. The van der Waals surface area contributed by atoms with Gasteiger partial charge in [-0.25, -0.2) is 29.9 Å². The number of rotatable bonds is 0. The molecule has 0 atom stereocenters. The molecule has 6 nitrogen and oxygen atoms in total. The number of hydrogen-bond acceptors (Lipinski definition) is 6. The summed E-state index contributed by atoms with van der Waals surface area (Å²) in [6.45, 7) is 0. The van der Waals surface area contributed by atoms with Gasteiger partial charge >= 0.3 is 0 Å². The summed E-state index contributed by atoms with van der Waals surface area (Å²) in [4.78, 5) is 26.0. The number of hydrogen-bond donors (Lipinski definition) is 0. The van der Waals surface area contributed by atoms with Crippen molar-refractivity contribution in [3.63, 3.8) is 0 Å². The second-order valence-corrected chi connectivity index (χ2v) is 6.82. The van der Waals surface area contributed by atoms with E-state index in [0.717, 1.165) is 0 Å². The van der Waals surface area contributed by atoms with Gasteiger partial charge in [-0.3, -0.25) is 0 Å². The number of halogens is 4. The van der Waals surface area contributed by atoms with Crippen LogP contribution in [0.3, 0.4) is 0 Å². The Hall–Kier alpha value is -2.12. The van der Waals surface area contributed by atoms with Gasteiger partial charge in [-0.1, -0.05) is 35.3 Å². The Morgan fingerprint density at radius 1 is 0.500 bits per heavy atom. The molecule has 0 amide bonds. The number of aromatic nitrogens is 6. The summed E-state index contributed by atoms with van der Waals surface area (Å²) in [6.07, 6.45) is 0. The highest BCUT2D eigenvalue weighted by atomic mass is 35.5. The zero-order valence-corrected chi connectivity index (χ0v) is 15.5. The molecule has 26 heavy (non-hydrogen) atoms. The molecule has 2 aromatic carbocycles. The SMILES string of the molecule is Clc1nc(Cl)c2c(n1)c1nc(Cl)nc(Cl)c1c1nc3ccccc3nc12. The molecular weight excluding hydrogens is 418 g/mol. The first-order chi connectivity index (χ1) is 12.5. The Labute approximate surface area is 165 Å². The lowest BCUT2D eigenvalue weighted by molar-refractivity contribution is 1.20. The molecule has 0 N–H and O–H groups in total. The average molecular weight is 422 g/mol. The first-order valence-electron chi connectivity index (χ1n) is 7.27. The molecule has 0 bridgehead atoms. The molecule has 0 aliphatic rings. The van der Waals surface area contributed by atoms with E-state index >= 15 is 0 Å². The van der Waals surface area contributed by atoms with Crippen LogP contribution in [-0.2, 0) is 0 Å². The maximum atomic E-state index is 6.36. The fourth-order valence-electron chi connectivity index (χ4n) is 2.93. The van der Waals surface area contributed by atoms with Crippen molar-refractivity contribution in [2.24, 2.45) is 0 Å². The number of benzene rings is 2. The number of fused-ring (bicyclic) bond motifs is 7. The third-order valence-corrected chi connectivity index (χ3v) is 4.83. The highest BCUT2D eigenvalue weighted by Crippen LogP contribution is 2.38. The maximum Gasteiger partial charge on any atom is 0.224 e. The van der Waals surface area contributed by atoms with E-state index in [2.05, 4.69) is 19.9 Å². The molecule has 0 saturated heterocycles. The number of nitrogens with zero attached hydrogens (tertiary/aromatic N) is 6. The van der Waals surface area contributed by atoms with E-state index in [1.807, 2.05) is 24.3 Å². The molecule has 10 heteroatoms. The molecule has 0 radical (unpaired) electrons. The molecule has 3 aromatic heterocycles. The van der Waals surface area contributed by atoms with Gasteiger partial charge in [0, 0.05) is 0 Å². The summed E-state index contributed by atoms with van der Waals surface area (Å²) in [5, 5.41) is 1.18. The summed E-state index contributed by atoms with van der Waals surface area (Å²) in [7, 11) is 0. The molecule has 0 unspecified atom stereocenters. The second kappa shape index (κ2) is 5.69. The zero-order valence-electron chi connectivity index (χ0n) is 12.5. The van der Waals surface area contributed by atoms with Gasteiger partial charge in [0.05, 0.1) is 21.8 Å². The Morgan fingerprint density at radius 2 is 0.885 bits per heavy atom. The van der Waals surface area contributed by atoms with Gasteiger partial charge in [-0.15, -0.1) is 0 Å². The third-order valence-electron chi connectivity index (χ3n) is 3.94. The van der Waals surface area contributed by atoms with Crippen LogP contribution >= 0.6 is 46.4 Å². The van der Waals surface area contributed by atoms with E-state index in [1.54, 1.807) is 0 Å². The summed E-state index contributed by atoms with van der Waals surface area (Å²) < 4.78 is 0. The van der Waals surface area contributed by atoms with Gasteiger partial charge in [0.1, 0.15) is 32.4 Å². The molecule has 5 aromatic rings. The Morgan fingerprint density at radius 3 is 1.31 bits per heavy atom. The zero-order chi connectivity index (χ0) is 18.0. The summed E-state index contributed by atoms with van der Waals surface area (Å²) >= 11 is 24.7. The van der Waals surface area contributed by atoms with Gasteiger partial charge in [0.15, 0.2) is 0 Å². The minimum atomic E-state index is -0.0252. The molecule has 0 saturated carbocycles. The van der Waals surface area contributed by atoms with E-state index < -0.39 is 0 Å². The second-order valence-electron chi connectivity index (χ2n) is 5.42. The lowest BCUT2D eigenvalue weighted by Crippen LogP contribution is -1.98. The molecule has 0 spiro atoms. The topological polar surface area (TPSA) is 77.3 Å². The van der Waals surface area contributed by atoms with Gasteiger partial charge in [0.2, 0.25) is 10.6 Å². The Kier molecular flexibility index (Phi) is 3.52. The fraction of sp³-hybridized carbons (Fsp3) is 0. The van der Waals surface area contributed by atoms with Gasteiger partial charge < -0.3 is 0 Å². The van der Waals surface area contributed by atoms with Crippen LogP contribution in [0, 0.1) is 0 Å². The first-order valence-corrected chi connectivity index (χ1v) is 8.78. The van der Waals surface area contributed by atoms with Crippen LogP contribution in [0.4, 0.5) is 0 Å². The molecule has 0 fully saturated rings. The van der Waals surface area contributed by atoms with E-state index in [9.17, 15) is 0 Å². The lowest BCUT2D eigenvalue weighted by Gasteiger charge is -2.10. The van der Waals surface area contributed by atoms with Crippen molar-refractivity contribution in [3.05, 3.63) is 45.1 Å². The van der Waals surface area contributed by atoms with Crippen molar-refractivity contribution >= 4 is 90.3 Å². The van der Waals surface area contributed by atoms with Crippen LogP contribution < -0.4 is 0 Å². The monoisotopic (exact) mass is 420 g/mol. The van der Waals surface area contributed by atoms with Crippen molar-refractivity contribution in [1.29, 1.82) is 0 Å². The fourth-order valence-corrected chi connectivity index (χ4v) is 3.87. The van der Waals surface area contributed by atoms with E-state index in [4.69, 9.17) is 56.4 Å². The van der Waals surface area contributed by atoms with Crippen molar-refractivity contribution in [3.8, 4) is 0 Å². The molecule has 5 rings (SSSR count). The normalized spacial score (nSPS) is 11.8. The predicted octanol–water partition coefficient (Wildman–Crippen LogP) is 5.28. The third kappa shape index (κ3) is 2.27. The smallest absolute Gasteiger partial charge is 0.224 e. The van der Waals surface area contributed by atoms with Crippen molar-refractivity contribution in [2.45, 2.75) is 0 Å². The Balaban J connectivity index is 2.20. The lowest BCUT2D eigenvalue weighted by atomic mass is 10.1. The first kappa shape index (κ1) is 16.1. The summed E-state index contributed by atoms with van der Waals surface area (Å²) in [5.74, 6) is 0. The molecule has 0 aliphatic heterocycles. The predicted molar refractivity (Wildman–Crippen MR) is 103 cm³/mol. The highest BCUT2D eigenvalue weighted by Gasteiger charge is 2.21. The molecule has 3 heterocycles. The van der Waals surface area contributed by atoms with Crippen LogP contribution in [0.25, 0.3) is 43.9 Å². The largest absolute Gasteiger partial charge is 0.244 e. The van der Waals surface area contributed by atoms with Crippen molar-refractivity contribution < 1.29 is 0 Å². The Bertz CT molecular complexity index is 1280. The highest BCUT2D eigenvalue weighted by molar-refractivity contribution is 6.43. The van der Waals surface area contributed by atoms with E-state index in [-0.39, 0.29) is 20.9 Å². The van der Waals surface area contributed by atoms with Crippen molar-refractivity contribution in [2.75, 3.05) is 0 Å². The van der Waals surface area contributed by atoms with Gasteiger partial charge in [-0.2, -0.15) is 0 Å². The summed E-state index contributed by atoms with van der Waals surface area (Å²) in [5.41, 5.74) is 3.12. The molecular formula is C16H4Cl4N6. The average Bonchev–Trinajstić information content (AvgIpc) is 2.59. The van der Waals surface area contributed by atoms with Gasteiger partial charge in [0.25, 0.3) is 0 Å². The van der Waals surface area contributed by atoms with Gasteiger partial charge in [-0.05, 0) is 35.3 Å². The number of para-hydroxylation sites is 2. The minimum Gasteiger partial charge on any atom is -0.244 e.